The van der Waals surface area contributed by atoms with Gasteiger partial charge in [0.25, 0.3) is 0 Å². The quantitative estimate of drug-likeness (QED) is 0.479. The fourth-order valence-corrected chi connectivity index (χ4v) is 4.92. The Kier molecular flexibility index (Phi) is 7.74. The molecule has 176 valence electrons. The van der Waals surface area contributed by atoms with Crippen LogP contribution in [0.1, 0.15) is 28.2 Å². The summed E-state index contributed by atoms with van der Waals surface area (Å²) in [5.74, 6) is -5.33. The van der Waals surface area contributed by atoms with E-state index in [0.717, 1.165) is 35.6 Å². The van der Waals surface area contributed by atoms with Crippen molar-refractivity contribution in [3.8, 4) is 6.07 Å². The third-order valence-corrected chi connectivity index (χ3v) is 6.53. The molecule has 34 heavy (non-hydrogen) atoms. The maximum Gasteiger partial charge on any atom is 0.319 e. The van der Waals surface area contributed by atoms with E-state index >= 15 is 0 Å². The summed E-state index contributed by atoms with van der Waals surface area (Å²) in [6.07, 6.45) is 0. The van der Waals surface area contributed by atoms with Crippen molar-refractivity contribution in [3.05, 3.63) is 75.1 Å². The van der Waals surface area contributed by atoms with E-state index in [1.807, 2.05) is 39.0 Å². The van der Waals surface area contributed by atoms with Crippen molar-refractivity contribution in [2.45, 2.75) is 26.7 Å². The Bertz CT molecular complexity index is 1210. The summed E-state index contributed by atoms with van der Waals surface area (Å²) >= 11 is 0.940. The molecule has 2 amide bonds. The van der Waals surface area contributed by atoms with Gasteiger partial charge in [-0.1, -0.05) is 47.7 Å². The van der Waals surface area contributed by atoms with Crippen molar-refractivity contribution in [1.29, 1.82) is 5.26 Å². The van der Waals surface area contributed by atoms with Gasteiger partial charge in [-0.05, 0) is 43.5 Å². The number of ether oxygens (including phenoxy) is 1. The van der Waals surface area contributed by atoms with Crippen LogP contribution in [-0.2, 0) is 19.1 Å². The van der Waals surface area contributed by atoms with Gasteiger partial charge in [0, 0.05) is 11.6 Å². The van der Waals surface area contributed by atoms with Crippen LogP contribution in [0.15, 0.2) is 47.0 Å². The monoisotopic (exact) mass is 481 g/mol. The second kappa shape index (κ2) is 10.5. The number of nitrogens with zero attached hydrogens (tertiary/aromatic N) is 1. The third-order valence-electron chi connectivity index (χ3n) is 5.51. The first-order valence-corrected chi connectivity index (χ1v) is 11.4. The molecule has 9 heteroatoms. The zero-order valence-corrected chi connectivity index (χ0v) is 20.0. The van der Waals surface area contributed by atoms with Gasteiger partial charge in [0.2, 0.25) is 11.8 Å². The number of allylic oxidation sites excluding steroid dienone is 1. The molecule has 0 saturated heterocycles. The van der Waals surface area contributed by atoms with Gasteiger partial charge in [-0.3, -0.25) is 14.4 Å². The van der Waals surface area contributed by atoms with Crippen molar-refractivity contribution >= 4 is 35.2 Å². The molecule has 1 heterocycles. The van der Waals surface area contributed by atoms with Crippen LogP contribution in [0.4, 0.5) is 10.1 Å². The molecule has 2 aromatic rings. The van der Waals surface area contributed by atoms with Gasteiger partial charge in [-0.2, -0.15) is 5.26 Å². The average molecular weight is 482 g/mol. The third kappa shape index (κ3) is 5.13. The number of methoxy groups -OCH3 is 1. The normalized spacial score (nSPS) is 17.6. The number of rotatable bonds is 6. The number of amides is 2. The van der Waals surface area contributed by atoms with Crippen LogP contribution in [0.3, 0.4) is 0 Å². The number of anilines is 1. The summed E-state index contributed by atoms with van der Waals surface area (Å²) in [5, 5.41) is 15.4. The Labute approximate surface area is 201 Å². The predicted molar refractivity (Wildman–Crippen MR) is 127 cm³/mol. The number of esters is 1. The van der Waals surface area contributed by atoms with E-state index in [1.54, 1.807) is 6.07 Å². The Balaban J connectivity index is 1.91. The fourth-order valence-electron chi connectivity index (χ4n) is 4.07. The average Bonchev–Trinajstić information content (AvgIpc) is 2.79. The molecular weight excluding hydrogens is 457 g/mol. The minimum Gasteiger partial charge on any atom is -0.468 e. The lowest BCUT2D eigenvalue weighted by Crippen LogP contribution is -2.44. The Morgan fingerprint density at radius 2 is 1.85 bits per heavy atom. The predicted octanol–water partition coefficient (Wildman–Crippen LogP) is 3.86. The van der Waals surface area contributed by atoms with Gasteiger partial charge >= 0.3 is 5.97 Å². The van der Waals surface area contributed by atoms with E-state index in [-0.39, 0.29) is 27.8 Å². The van der Waals surface area contributed by atoms with Crippen LogP contribution in [0.2, 0.25) is 0 Å². The highest BCUT2D eigenvalue weighted by Crippen LogP contribution is 2.41. The molecule has 2 aromatic carbocycles. The van der Waals surface area contributed by atoms with Crippen LogP contribution < -0.4 is 10.6 Å². The van der Waals surface area contributed by atoms with Gasteiger partial charge in [-0.25, -0.2) is 4.39 Å². The summed E-state index contributed by atoms with van der Waals surface area (Å²) in [6, 6.07) is 11.6. The number of halogens is 1. The number of thioether (sulfide) groups is 1. The minimum absolute atomic E-state index is 0.0133. The molecule has 0 fully saturated rings. The van der Waals surface area contributed by atoms with E-state index in [9.17, 15) is 24.0 Å². The van der Waals surface area contributed by atoms with Crippen molar-refractivity contribution < 1.29 is 23.5 Å². The summed E-state index contributed by atoms with van der Waals surface area (Å²) in [4.78, 5) is 37.9. The largest absolute Gasteiger partial charge is 0.468 e. The molecule has 0 bridgehead atoms. The highest BCUT2D eigenvalue weighted by Gasteiger charge is 2.45. The number of carbonyl (C=O) groups is 3. The highest BCUT2D eigenvalue weighted by molar-refractivity contribution is 8.03. The lowest BCUT2D eigenvalue weighted by molar-refractivity contribution is -0.150. The SMILES string of the molecule is COC(=O)C1C(=O)NC(SCC(=O)Nc2c(C)cc(C)cc2C)=C(C#N)C1c1ccccc1F. The number of nitriles is 1. The van der Waals surface area contributed by atoms with Crippen LogP contribution in [0.25, 0.3) is 0 Å². The molecule has 0 radical (unpaired) electrons. The minimum atomic E-state index is -1.44. The summed E-state index contributed by atoms with van der Waals surface area (Å²) in [5.41, 5.74) is 3.63. The standard InChI is InChI=1S/C25H24FN3O4S/c1-13-9-14(2)22(15(3)10-13)28-19(30)12-34-24-17(11-27)20(16-7-5-6-8-18(16)26)21(23(31)29-24)25(32)33-4/h5-10,20-21H,12H2,1-4H3,(H,28,30)(H,29,31). The first kappa shape index (κ1) is 25.0. The molecule has 0 aromatic heterocycles. The van der Waals surface area contributed by atoms with Gasteiger partial charge < -0.3 is 15.4 Å². The topological polar surface area (TPSA) is 108 Å². The number of hydrogen-bond donors (Lipinski definition) is 2. The van der Waals surface area contributed by atoms with Crippen molar-refractivity contribution in [1.82, 2.24) is 5.32 Å². The number of carbonyl (C=O) groups excluding carboxylic acids is 3. The van der Waals surface area contributed by atoms with Gasteiger partial charge in [0.05, 0.1) is 29.5 Å². The molecule has 0 spiro atoms. The molecule has 7 nitrogen and oxygen atoms in total. The van der Waals surface area contributed by atoms with E-state index in [4.69, 9.17) is 4.74 Å². The maximum atomic E-state index is 14.7. The lowest BCUT2D eigenvalue weighted by atomic mass is 9.78. The number of hydrogen-bond acceptors (Lipinski definition) is 6. The Morgan fingerprint density at radius 3 is 2.44 bits per heavy atom. The number of nitrogens with one attached hydrogen (secondary N) is 2. The van der Waals surface area contributed by atoms with Gasteiger partial charge in [0.15, 0.2) is 0 Å². The second-order valence-electron chi connectivity index (χ2n) is 7.95. The first-order chi connectivity index (χ1) is 16.2. The zero-order valence-electron chi connectivity index (χ0n) is 19.2. The summed E-state index contributed by atoms with van der Waals surface area (Å²) < 4.78 is 19.4. The van der Waals surface area contributed by atoms with Crippen LogP contribution in [0.5, 0.6) is 0 Å². The first-order valence-electron chi connectivity index (χ1n) is 10.5. The number of benzene rings is 2. The smallest absolute Gasteiger partial charge is 0.319 e. The molecular formula is C25H24FN3O4S. The summed E-state index contributed by atoms with van der Waals surface area (Å²) in [7, 11) is 1.12. The molecule has 2 atom stereocenters. The van der Waals surface area contributed by atoms with E-state index in [2.05, 4.69) is 10.6 Å². The summed E-state index contributed by atoms with van der Waals surface area (Å²) in [6.45, 7) is 5.76. The Morgan fingerprint density at radius 1 is 1.21 bits per heavy atom. The van der Waals surface area contributed by atoms with Crippen LogP contribution in [0, 0.1) is 43.8 Å². The van der Waals surface area contributed by atoms with Crippen molar-refractivity contribution in [2.75, 3.05) is 18.2 Å². The van der Waals surface area contributed by atoms with Crippen LogP contribution >= 0.6 is 11.8 Å². The molecule has 1 aliphatic rings. The van der Waals surface area contributed by atoms with E-state index in [0.29, 0.717) is 5.69 Å². The molecule has 3 rings (SSSR count). The maximum absolute atomic E-state index is 14.7. The van der Waals surface area contributed by atoms with E-state index in [1.165, 1.54) is 18.2 Å². The van der Waals surface area contributed by atoms with Gasteiger partial charge in [0.1, 0.15) is 11.7 Å². The molecule has 2 N–H and O–H groups in total. The second-order valence-corrected chi connectivity index (χ2v) is 8.94. The zero-order chi connectivity index (χ0) is 25.0. The lowest BCUT2D eigenvalue weighted by Gasteiger charge is -2.31. The highest BCUT2D eigenvalue weighted by atomic mass is 32.2. The fraction of sp³-hybridized carbons (Fsp3) is 0.280. The van der Waals surface area contributed by atoms with Crippen LogP contribution in [-0.4, -0.2) is 30.6 Å². The Hall–Kier alpha value is -3.64. The molecule has 2 unspecified atom stereocenters. The van der Waals surface area contributed by atoms with Crippen molar-refractivity contribution in [2.24, 2.45) is 5.92 Å². The van der Waals surface area contributed by atoms with E-state index < -0.39 is 29.5 Å². The molecule has 1 aliphatic heterocycles. The molecule has 0 saturated carbocycles. The van der Waals surface area contributed by atoms with Crippen molar-refractivity contribution in [3.63, 3.8) is 0 Å². The van der Waals surface area contributed by atoms with Gasteiger partial charge in [-0.15, -0.1) is 0 Å². The molecule has 0 aliphatic carbocycles. The number of aryl methyl sites for hydroxylation is 3.